The molecule has 5 aliphatic heterocycles. The highest BCUT2D eigenvalue weighted by atomic mass is 16.4. The van der Waals surface area contributed by atoms with Crippen molar-refractivity contribution in [3.05, 3.63) is 91.5 Å². The predicted octanol–water partition coefficient (Wildman–Crippen LogP) is 6.16. The van der Waals surface area contributed by atoms with Gasteiger partial charge in [0.2, 0.25) is 0 Å². The highest BCUT2D eigenvalue weighted by Crippen LogP contribution is 2.46. The van der Waals surface area contributed by atoms with Gasteiger partial charge in [0.1, 0.15) is 5.76 Å². The normalized spacial score (nSPS) is 25.2. The third kappa shape index (κ3) is 3.82. The third-order valence-electron chi connectivity index (χ3n) is 8.87. The summed E-state index contributed by atoms with van der Waals surface area (Å²) in [4.78, 5) is 26.5. The Morgan fingerprint density at radius 2 is 1.80 bits per heavy atom. The van der Waals surface area contributed by atoms with Crippen LogP contribution in [0, 0.1) is 24.2 Å². The summed E-state index contributed by atoms with van der Waals surface area (Å²) >= 11 is 0. The summed E-state index contributed by atoms with van der Waals surface area (Å²) in [5, 5.41) is 24.2. The average Bonchev–Trinajstić information content (AvgIpc) is 3.65. The Morgan fingerprint density at radius 3 is 2.50 bits per heavy atom. The molecule has 0 spiro atoms. The minimum atomic E-state index is -0.830. The highest BCUT2D eigenvalue weighted by molar-refractivity contribution is 6.21. The number of nitrogens with zero attached hydrogens (tertiary/aromatic N) is 3. The van der Waals surface area contributed by atoms with Crippen LogP contribution in [0.5, 0.6) is 0 Å². The first-order chi connectivity index (χ1) is 19.1. The first-order valence-corrected chi connectivity index (χ1v) is 13.8. The molecular formula is C33H32N4O3. The van der Waals surface area contributed by atoms with Crippen LogP contribution in [0.1, 0.15) is 60.3 Å². The number of allylic oxidation sites excluding steroid dienone is 12. The lowest BCUT2D eigenvalue weighted by molar-refractivity contribution is -0.137. The Bertz CT molecular complexity index is 1700. The van der Waals surface area contributed by atoms with E-state index in [4.69, 9.17) is 21.4 Å². The largest absolute Gasteiger partial charge is 0.511 e. The number of aliphatic imine (C=N–C) groups is 3. The molecule has 7 heteroatoms. The molecule has 1 fully saturated rings. The zero-order valence-electron chi connectivity index (χ0n) is 23.4. The quantitative estimate of drug-likeness (QED) is 0.377. The number of carboxylic acids is 1. The topological polar surface area (TPSA) is 107 Å². The zero-order valence-corrected chi connectivity index (χ0v) is 23.4. The van der Waals surface area contributed by atoms with E-state index >= 15 is 0 Å². The van der Waals surface area contributed by atoms with Gasteiger partial charge in [-0.25, -0.2) is 15.0 Å². The van der Waals surface area contributed by atoms with Gasteiger partial charge in [-0.05, 0) is 74.1 Å². The van der Waals surface area contributed by atoms with E-state index in [1.165, 1.54) is 0 Å². The van der Waals surface area contributed by atoms with Crippen LogP contribution in [0.15, 0.2) is 106 Å². The molecule has 0 saturated carbocycles. The van der Waals surface area contributed by atoms with E-state index in [9.17, 15) is 15.0 Å². The van der Waals surface area contributed by atoms with E-state index in [1.807, 2.05) is 32.1 Å². The van der Waals surface area contributed by atoms with Crippen molar-refractivity contribution in [1.82, 2.24) is 5.32 Å². The summed E-state index contributed by atoms with van der Waals surface area (Å²) in [5.74, 6) is 2.24. The third-order valence-corrected chi connectivity index (χ3v) is 8.87. The number of rotatable bonds is 4. The molecule has 8 bridgehead atoms. The van der Waals surface area contributed by atoms with Crippen molar-refractivity contribution in [1.29, 1.82) is 0 Å². The second-order valence-electron chi connectivity index (χ2n) is 11.1. The van der Waals surface area contributed by atoms with Crippen molar-refractivity contribution in [3.8, 4) is 12.3 Å². The number of hydrogen-bond donors (Lipinski definition) is 3. The minimum absolute atomic E-state index is 0.0110. The van der Waals surface area contributed by atoms with E-state index in [2.05, 4.69) is 32.0 Å². The summed E-state index contributed by atoms with van der Waals surface area (Å²) in [6, 6.07) is 0. The van der Waals surface area contributed by atoms with Gasteiger partial charge in [-0.15, -0.1) is 6.42 Å². The fraction of sp³-hybridized carbons (Fsp3) is 0.333. The van der Waals surface area contributed by atoms with Crippen LogP contribution < -0.4 is 5.32 Å². The van der Waals surface area contributed by atoms with E-state index in [0.717, 1.165) is 85.4 Å². The van der Waals surface area contributed by atoms with Crippen LogP contribution in [0.2, 0.25) is 0 Å². The van der Waals surface area contributed by atoms with Gasteiger partial charge in [-0.3, -0.25) is 4.79 Å². The van der Waals surface area contributed by atoms with E-state index in [1.54, 1.807) is 0 Å². The summed E-state index contributed by atoms with van der Waals surface area (Å²) in [5.41, 5.74) is 13.1. The number of terminal acetylenes is 1. The first kappa shape index (κ1) is 25.8. The summed E-state index contributed by atoms with van der Waals surface area (Å²) in [7, 11) is 0. The molecule has 5 heterocycles. The molecule has 0 amide bonds. The minimum Gasteiger partial charge on any atom is -0.511 e. The molecule has 6 rings (SSSR count). The number of fused-ring (bicyclic) bond motifs is 5. The van der Waals surface area contributed by atoms with Crippen molar-refractivity contribution in [2.45, 2.75) is 60.3 Å². The van der Waals surface area contributed by atoms with Crippen molar-refractivity contribution >= 4 is 23.1 Å². The SMILES string of the molecule is C#CC1=C(C)C2=NC1=CC1=NC(=CC3=C(C)C4=C(O)CC(=C5NC(=C2)[C@@H](C)[C@@H]5CCC(=O)O)C4=N3)C(CC)=C1C. The fourth-order valence-corrected chi connectivity index (χ4v) is 6.57. The van der Waals surface area contributed by atoms with Crippen molar-refractivity contribution in [2.75, 3.05) is 0 Å². The van der Waals surface area contributed by atoms with Gasteiger partial charge >= 0.3 is 5.97 Å². The molecule has 7 nitrogen and oxygen atoms in total. The molecule has 0 aromatic rings. The Morgan fingerprint density at radius 1 is 1.07 bits per heavy atom. The average molecular weight is 533 g/mol. The predicted molar refractivity (Wildman–Crippen MR) is 158 cm³/mol. The Kier molecular flexibility index (Phi) is 6.03. The van der Waals surface area contributed by atoms with Crippen LogP contribution in [-0.2, 0) is 4.79 Å². The number of aliphatic hydroxyl groups excluding tert-OH is 1. The smallest absolute Gasteiger partial charge is 0.303 e. The number of carbonyl (C=O) groups is 1. The molecule has 0 aromatic carbocycles. The lowest BCUT2D eigenvalue weighted by atomic mass is 9.86. The van der Waals surface area contributed by atoms with Crippen molar-refractivity contribution in [2.24, 2.45) is 26.8 Å². The highest BCUT2D eigenvalue weighted by Gasteiger charge is 2.41. The molecule has 40 heavy (non-hydrogen) atoms. The Hall–Kier alpha value is -4.44. The Balaban J connectivity index is 1.62. The molecule has 2 atom stereocenters. The van der Waals surface area contributed by atoms with Crippen LogP contribution in [0.3, 0.4) is 0 Å². The Labute approximate surface area is 234 Å². The maximum atomic E-state index is 11.6. The van der Waals surface area contributed by atoms with Gasteiger partial charge in [-0.1, -0.05) is 19.8 Å². The molecule has 0 unspecified atom stereocenters. The molecule has 1 saturated heterocycles. The van der Waals surface area contributed by atoms with Crippen LogP contribution in [-0.4, -0.2) is 33.3 Å². The van der Waals surface area contributed by atoms with Gasteiger partial charge < -0.3 is 15.5 Å². The fourth-order valence-electron chi connectivity index (χ4n) is 6.57. The lowest BCUT2D eigenvalue weighted by Gasteiger charge is -2.17. The lowest BCUT2D eigenvalue weighted by Crippen LogP contribution is -2.15. The molecule has 3 N–H and O–H groups in total. The number of hydrogen-bond acceptors (Lipinski definition) is 6. The summed E-state index contributed by atoms with van der Waals surface area (Å²) in [6.07, 6.45) is 13.7. The molecule has 0 radical (unpaired) electrons. The van der Waals surface area contributed by atoms with E-state index in [-0.39, 0.29) is 18.3 Å². The molecule has 0 aromatic heterocycles. The number of aliphatic hydroxyl groups is 1. The summed E-state index contributed by atoms with van der Waals surface area (Å²) < 4.78 is 0. The van der Waals surface area contributed by atoms with Crippen LogP contribution in [0.25, 0.3) is 0 Å². The maximum absolute atomic E-state index is 11.6. The summed E-state index contributed by atoms with van der Waals surface area (Å²) in [6.45, 7) is 10.3. The van der Waals surface area contributed by atoms with Gasteiger partial charge in [0, 0.05) is 47.2 Å². The van der Waals surface area contributed by atoms with Crippen molar-refractivity contribution < 1.29 is 15.0 Å². The van der Waals surface area contributed by atoms with E-state index < -0.39 is 5.97 Å². The number of nitrogens with one attached hydrogen (secondary N) is 1. The molecule has 1 aliphatic carbocycles. The van der Waals surface area contributed by atoms with Crippen LogP contribution in [0.4, 0.5) is 0 Å². The van der Waals surface area contributed by atoms with Crippen molar-refractivity contribution in [3.63, 3.8) is 0 Å². The van der Waals surface area contributed by atoms with Gasteiger partial charge in [0.15, 0.2) is 0 Å². The molecule has 6 aliphatic rings. The molecule has 202 valence electrons. The zero-order chi connectivity index (χ0) is 28.5. The van der Waals surface area contributed by atoms with Gasteiger partial charge in [0.25, 0.3) is 0 Å². The first-order valence-electron chi connectivity index (χ1n) is 13.8. The van der Waals surface area contributed by atoms with Gasteiger partial charge in [-0.2, -0.15) is 0 Å². The van der Waals surface area contributed by atoms with Gasteiger partial charge in [0.05, 0.1) is 39.8 Å². The standard InChI is InChI=1S/C33H32N4O3/c1-7-19-15(3)23-12-25-17(5)21(9-10-30(39)40)32(36-25)22-11-29(38)31-18(6)26(37-33(22)31)14-28-20(8-2)16(4)24(35-28)13-27(19)34-23/h1,12-14,17,21,36,38H,8-11H2,2-6H3,(H,39,40)/t17-,21-/m0/s1. The molecular weight excluding hydrogens is 500 g/mol. The second-order valence-corrected chi connectivity index (χ2v) is 11.1. The van der Waals surface area contributed by atoms with E-state index in [0.29, 0.717) is 24.3 Å². The maximum Gasteiger partial charge on any atom is 0.303 e. The van der Waals surface area contributed by atoms with Crippen LogP contribution >= 0.6 is 0 Å². The monoisotopic (exact) mass is 532 g/mol. The second kappa shape index (κ2) is 9.34. The number of carboxylic acid groups (broad SMARTS) is 1. The number of aliphatic carboxylic acids is 1.